The zero-order valence-corrected chi connectivity index (χ0v) is 23.6. The van der Waals surface area contributed by atoms with Gasteiger partial charge in [-0.25, -0.2) is 19.1 Å². The van der Waals surface area contributed by atoms with Crippen LogP contribution in [0.5, 0.6) is 0 Å². The number of aliphatic imine (C=N–C) groups is 1. The van der Waals surface area contributed by atoms with Crippen LogP contribution in [-0.4, -0.2) is 72.6 Å². The molecule has 0 spiro atoms. The summed E-state index contributed by atoms with van der Waals surface area (Å²) in [6.07, 6.45) is -0.845. The number of amides is 2. The molecule has 34 heavy (non-hydrogen) atoms. The summed E-state index contributed by atoms with van der Waals surface area (Å²) in [6, 6.07) is 5.44. The van der Waals surface area contributed by atoms with Crippen LogP contribution in [0.4, 0.5) is 9.18 Å². The Balaban J connectivity index is 2.01. The summed E-state index contributed by atoms with van der Waals surface area (Å²) >= 11 is 4.47. The van der Waals surface area contributed by atoms with Crippen molar-refractivity contribution in [3.63, 3.8) is 0 Å². The van der Waals surface area contributed by atoms with Gasteiger partial charge in [-0.15, -0.1) is 0 Å². The molecule has 1 saturated carbocycles. The van der Waals surface area contributed by atoms with E-state index in [2.05, 4.69) is 35.6 Å². The Bertz CT molecular complexity index is 1010. The molecular formula is C22H31BrFN3O5SSi. The molecule has 1 heterocycles. The fourth-order valence-electron chi connectivity index (χ4n) is 4.08. The minimum absolute atomic E-state index is 0.106. The van der Waals surface area contributed by atoms with Gasteiger partial charge in [0.05, 0.1) is 12.6 Å². The van der Waals surface area contributed by atoms with Crippen molar-refractivity contribution in [2.75, 3.05) is 27.5 Å². The Morgan fingerprint density at radius 2 is 2.06 bits per heavy atom. The first-order valence-corrected chi connectivity index (χ1v) is 16.2. The largest absolute Gasteiger partial charge is 0.465 e. The van der Waals surface area contributed by atoms with Gasteiger partial charge in [-0.1, -0.05) is 47.3 Å². The predicted molar refractivity (Wildman–Crippen MR) is 136 cm³/mol. The first-order valence-electron chi connectivity index (χ1n) is 10.9. The number of halogens is 2. The quantitative estimate of drug-likeness (QED) is 0.203. The van der Waals surface area contributed by atoms with Crippen LogP contribution in [-0.2, 0) is 19.9 Å². The standard InChI is InChI=1S/C22H31BrFN3O5SSi/c1-21(15-11-14(23)7-8-16(15)24)17-12-22(17,18(28)26(2)31-3)33-19(25-21)27(20(29)30)13-32-9-10-34(4,5)6/h7-8,11,17H,9-10,12-13H2,1-6H3,(H,29,30)/t17-,21+,22-/m0/s1. The molecule has 0 unspecified atom stereocenters. The summed E-state index contributed by atoms with van der Waals surface area (Å²) in [6.45, 7) is 8.57. The minimum atomic E-state index is -1.36. The number of rotatable bonds is 8. The summed E-state index contributed by atoms with van der Waals surface area (Å²) in [5.74, 6) is -1.13. The van der Waals surface area contributed by atoms with Gasteiger partial charge < -0.3 is 9.84 Å². The van der Waals surface area contributed by atoms with E-state index in [0.29, 0.717) is 23.1 Å². The van der Waals surface area contributed by atoms with Crippen LogP contribution in [0.15, 0.2) is 27.7 Å². The number of carboxylic acid groups (broad SMARTS) is 1. The Morgan fingerprint density at radius 1 is 1.38 bits per heavy atom. The molecule has 1 fully saturated rings. The number of carbonyl (C=O) groups is 2. The van der Waals surface area contributed by atoms with Crippen molar-refractivity contribution in [3.05, 3.63) is 34.1 Å². The summed E-state index contributed by atoms with van der Waals surface area (Å²) in [7, 11) is 1.53. The topological polar surface area (TPSA) is 91.7 Å². The van der Waals surface area contributed by atoms with Gasteiger partial charge in [-0.05, 0) is 37.6 Å². The molecule has 0 radical (unpaired) electrons. The van der Waals surface area contributed by atoms with Crippen LogP contribution in [0, 0.1) is 11.7 Å². The lowest BCUT2D eigenvalue weighted by atomic mass is 9.85. The molecule has 12 heteroatoms. The van der Waals surface area contributed by atoms with E-state index in [-0.39, 0.29) is 23.7 Å². The number of carbonyl (C=O) groups excluding carboxylic acids is 1. The van der Waals surface area contributed by atoms with Crippen LogP contribution >= 0.6 is 27.7 Å². The second-order valence-corrected chi connectivity index (χ2v) is 17.8. The average Bonchev–Trinajstić information content (AvgIpc) is 3.50. The molecule has 3 atom stereocenters. The van der Waals surface area contributed by atoms with Gasteiger partial charge >= 0.3 is 6.09 Å². The fraction of sp³-hybridized carbons (Fsp3) is 0.591. The third-order valence-corrected chi connectivity index (χ3v) is 9.95. The Morgan fingerprint density at radius 3 is 2.65 bits per heavy atom. The summed E-state index contributed by atoms with van der Waals surface area (Å²) < 4.78 is 20.4. The lowest BCUT2D eigenvalue weighted by molar-refractivity contribution is -0.169. The summed E-state index contributed by atoms with van der Waals surface area (Å²) in [5.41, 5.74) is -0.866. The fourth-order valence-corrected chi connectivity index (χ4v) is 6.83. The molecule has 1 aliphatic heterocycles. The lowest BCUT2D eigenvalue weighted by Crippen LogP contribution is -2.47. The maximum absolute atomic E-state index is 15.0. The normalized spacial score (nSPS) is 25.9. The molecule has 0 saturated heterocycles. The van der Waals surface area contributed by atoms with E-state index in [1.807, 2.05) is 0 Å². The van der Waals surface area contributed by atoms with E-state index in [4.69, 9.17) is 14.6 Å². The molecule has 8 nitrogen and oxygen atoms in total. The van der Waals surface area contributed by atoms with E-state index in [9.17, 15) is 14.7 Å². The van der Waals surface area contributed by atoms with Gasteiger partial charge in [-0.2, -0.15) is 0 Å². The van der Waals surface area contributed by atoms with E-state index in [1.54, 1.807) is 19.1 Å². The molecule has 3 rings (SSSR count). The number of hydrogen-bond acceptors (Lipinski definition) is 6. The third-order valence-electron chi connectivity index (χ3n) is 6.26. The predicted octanol–water partition coefficient (Wildman–Crippen LogP) is 4.98. The highest BCUT2D eigenvalue weighted by molar-refractivity contribution is 9.10. The van der Waals surface area contributed by atoms with Gasteiger partial charge in [-0.3, -0.25) is 14.6 Å². The van der Waals surface area contributed by atoms with E-state index < -0.39 is 30.3 Å². The number of benzene rings is 1. The second kappa shape index (κ2) is 9.88. The summed E-state index contributed by atoms with van der Waals surface area (Å²) in [4.78, 5) is 36.4. The maximum Gasteiger partial charge on any atom is 0.415 e. The minimum Gasteiger partial charge on any atom is -0.465 e. The maximum atomic E-state index is 15.0. The highest BCUT2D eigenvalue weighted by Gasteiger charge is 2.72. The van der Waals surface area contributed by atoms with Crippen molar-refractivity contribution >= 4 is 52.9 Å². The Labute approximate surface area is 213 Å². The van der Waals surface area contributed by atoms with Gasteiger partial charge in [0, 0.05) is 37.7 Å². The lowest BCUT2D eigenvalue weighted by Gasteiger charge is -2.37. The van der Waals surface area contributed by atoms with E-state index >= 15 is 4.39 Å². The number of hydroxylamine groups is 2. The Hall–Kier alpha value is -1.47. The highest BCUT2D eigenvalue weighted by atomic mass is 79.9. The number of fused-ring (bicyclic) bond motifs is 1. The molecule has 0 bridgehead atoms. The molecule has 2 aliphatic rings. The molecule has 0 aromatic heterocycles. The number of hydrogen-bond donors (Lipinski definition) is 1. The van der Waals surface area contributed by atoms with Crippen molar-refractivity contribution in [1.29, 1.82) is 0 Å². The number of ether oxygens (including phenoxy) is 1. The van der Waals surface area contributed by atoms with Crippen molar-refractivity contribution in [3.8, 4) is 0 Å². The zero-order valence-electron chi connectivity index (χ0n) is 20.2. The summed E-state index contributed by atoms with van der Waals surface area (Å²) in [5, 5.41) is 11.2. The van der Waals surface area contributed by atoms with Crippen LogP contribution in [0.25, 0.3) is 0 Å². The molecular weight excluding hydrogens is 545 g/mol. The molecule has 1 aliphatic carbocycles. The van der Waals surface area contributed by atoms with E-state index in [0.717, 1.165) is 27.8 Å². The number of amidine groups is 1. The van der Waals surface area contributed by atoms with Crippen molar-refractivity contribution in [2.24, 2.45) is 10.9 Å². The molecule has 188 valence electrons. The molecule has 1 aromatic carbocycles. The second-order valence-electron chi connectivity index (χ2n) is 9.96. The van der Waals surface area contributed by atoms with Crippen LogP contribution in [0.3, 0.4) is 0 Å². The first kappa shape index (κ1) is 27.1. The number of thioether (sulfide) groups is 1. The molecule has 1 aromatic rings. The van der Waals surface area contributed by atoms with E-state index in [1.165, 1.54) is 20.2 Å². The van der Waals surface area contributed by atoms with Crippen LogP contribution < -0.4 is 0 Å². The van der Waals surface area contributed by atoms with Crippen LogP contribution in [0.2, 0.25) is 25.7 Å². The van der Waals surface area contributed by atoms with Gasteiger partial charge in [0.1, 0.15) is 17.3 Å². The van der Waals surface area contributed by atoms with Gasteiger partial charge in [0.2, 0.25) is 0 Å². The smallest absolute Gasteiger partial charge is 0.415 e. The molecule has 2 amide bonds. The third kappa shape index (κ3) is 5.35. The zero-order chi connectivity index (χ0) is 25.5. The van der Waals surface area contributed by atoms with Crippen molar-refractivity contribution in [1.82, 2.24) is 9.96 Å². The average molecular weight is 577 g/mol. The first-order chi connectivity index (χ1) is 15.7. The SMILES string of the molecule is CON(C)C(=O)[C@]12C[C@H]1[C@@](C)(c1cc(Br)ccc1F)N=C(N(COCC[Si](C)(C)C)C(=O)O)S2. The van der Waals surface area contributed by atoms with Crippen molar-refractivity contribution in [2.45, 2.75) is 49.3 Å². The number of nitrogens with zero attached hydrogens (tertiary/aromatic N) is 3. The van der Waals surface area contributed by atoms with Gasteiger partial charge in [0.15, 0.2) is 5.17 Å². The van der Waals surface area contributed by atoms with Crippen molar-refractivity contribution < 1.29 is 28.7 Å². The monoisotopic (exact) mass is 575 g/mol. The van der Waals surface area contributed by atoms with Crippen LogP contribution in [0.1, 0.15) is 18.9 Å². The molecule has 1 N–H and O–H groups in total. The Kier molecular flexibility index (Phi) is 7.88. The highest BCUT2D eigenvalue weighted by Crippen LogP contribution is 2.67. The van der Waals surface area contributed by atoms with Gasteiger partial charge in [0.25, 0.3) is 5.91 Å².